The molecule has 4 nitrogen and oxygen atoms in total. The van der Waals surface area contributed by atoms with E-state index in [0.717, 1.165) is 6.42 Å². The molecule has 0 aromatic carbocycles. The largest absolute Gasteiger partial charge is 0.380 e. The summed E-state index contributed by atoms with van der Waals surface area (Å²) >= 11 is 0. The summed E-state index contributed by atoms with van der Waals surface area (Å²) in [4.78, 5) is 10.8. The van der Waals surface area contributed by atoms with Crippen molar-refractivity contribution in [3.05, 3.63) is 0 Å². The first kappa shape index (κ1) is 8.49. The molecule has 2 atom stereocenters. The smallest absolute Gasteiger partial charge is 0.225 e. The minimum atomic E-state index is -0.337. The molecule has 64 valence electrons. The Bertz CT molecular complexity index is 149. The summed E-state index contributed by atoms with van der Waals surface area (Å²) in [7, 11) is 1.59. The summed E-state index contributed by atoms with van der Waals surface area (Å²) in [5.41, 5.74) is 5.13. The van der Waals surface area contributed by atoms with Crippen molar-refractivity contribution in [2.45, 2.75) is 12.5 Å². The van der Waals surface area contributed by atoms with Crippen molar-refractivity contribution >= 4 is 5.91 Å². The van der Waals surface area contributed by atoms with Crippen molar-refractivity contribution in [2.75, 3.05) is 20.3 Å². The summed E-state index contributed by atoms with van der Waals surface area (Å²) in [5.74, 6) is -0.606. The maximum absolute atomic E-state index is 10.8. The molecule has 0 aromatic rings. The van der Waals surface area contributed by atoms with Gasteiger partial charge in [-0.2, -0.15) is 0 Å². The Balaban J connectivity index is 2.51. The Morgan fingerprint density at radius 2 is 2.45 bits per heavy atom. The van der Waals surface area contributed by atoms with Crippen molar-refractivity contribution in [1.29, 1.82) is 0 Å². The quantitative estimate of drug-likeness (QED) is 0.592. The molecule has 4 heteroatoms. The van der Waals surface area contributed by atoms with Gasteiger partial charge in [0.1, 0.15) is 0 Å². The number of primary amides is 1. The summed E-state index contributed by atoms with van der Waals surface area (Å²) in [6.07, 6.45) is 0.700. The highest BCUT2D eigenvalue weighted by molar-refractivity contribution is 5.77. The normalized spacial score (nSPS) is 31.7. The van der Waals surface area contributed by atoms with E-state index in [2.05, 4.69) is 0 Å². The second-order valence-corrected chi connectivity index (χ2v) is 2.65. The lowest BCUT2D eigenvalue weighted by Crippen LogP contribution is -2.41. The molecule has 1 heterocycles. The van der Waals surface area contributed by atoms with Gasteiger partial charge in [-0.25, -0.2) is 0 Å². The van der Waals surface area contributed by atoms with Gasteiger partial charge in [0.05, 0.1) is 18.6 Å². The zero-order valence-electron chi connectivity index (χ0n) is 6.58. The van der Waals surface area contributed by atoms with Gasteiger partial charge in [-0.3, -0.25) is 4.79 Å². The molecule has 0 aliphatic carbocycles. The number of carbonyl (C=O) groups is 1. The average molecular weight is 159 g/mol. The molecule has 1 amide bonds. The fourth-order valence-electron chi connectivity index (χ4n) is 1.27. The Kier molecular flexibility index (Phi) is 2.84. The predicted molar refractivity (Wildman–Crippen MR) is 38.9 cm³/mol. The lowest BCUT2D eigenvalue weighted by molar-refractivity contribution is -0.135. The zero-order chi connectivity index (χ0) is 8.27. The highest BCUT2D eigenvalue weighted by Gasteiger charge is 2.29. The number of hydrogen-bond acceptors (Lipinski definition) is 3. The van der Waals surface area contributed by atoms with Gasteiger partial charge < -0.3 is 15.2 Å². The van der Waals surface area contributed by atoms with E-state index in [1.807, 2.05) is 0 Å². The molecule has 1 fully saturated rings. The van der Waals surface area contributed by atoms with Crippen LogP contribution in [0.15, 0.2) is 0 Å². The van der Waals surface area contributed by atoms with Crippen LogP contribution in [0.4, 0.5) is 0 Å². The fourth-order valence-corrected chi connectivity index (χ4v) is 1.27. The molecular weight excluding hydrogens is 146 g/mol. The second-order valence-electron chi connectivity index (χ2n) is 2.65. The van der Waals surface area contributed by atoms with Gasteiger partial charge >= 0.3 is 0 Å². The molecular formula is C7H13NO3. The molecule has 0 radical (unpaired) electrons. The Hall–Kier alpha value is -0.610. The van der Waals surface area contributed by atoms with Crippen molar-refractivity contribution in [2.24, 2.45) is 11.7 Å². The first-order chi connectivity index (χ1) is 5.25. The molecule has 1 saturated heterocycles. The minimum Gasteiger partial charge on any atom is -0.380 e. The maximum Gasteiger partial charge on any atom is 0.225 e. The third-order valence-electron chi connectivity index (χ3n) is 1.96. The van der Waals surface area contributed by atoms with Crippen LogP contribution < -0.4 is 5.73 Å². The number of nitrogens with two attached hydrogens (primary N) is 1. The first-order valence-corrected chi connectivity index (χ1v) is 3.65. The first-order valence-electron chi connectivity index (χ1n) is 3.65. The van der Waals surface area contributed by atoms with Crippen molar-refractivity contribution in [1.82, 2.24) is 0 Å². The van der Waals surface area contributed by atoms with Gasteiger partial charge in [-0.05, 0) is 6.42 Å². The molecule has 1 aliphatic heterocycles. The Morgan fingerprint density at radius 1 is 1.73 bits per heavy atom. The molecule has 0 aromatic heterocycles. The lowest BCUT2D eigenvalue weighted by atomic mass is 9.98. The standard InChI is InChI=1S/C7H13NO3/c1-10-6-2-3-11-4-5(6)7(8)9/h5-6H,2-4H2,1H3,(H2,8,9). The van der Waals surface area contributed by atoms with E-state index < -0.39 is 0 Å². The van der Waals surface area contributed by atoms with Gasteiger partial charge in [-0.1, -0.05) is 0 Å². The molecule has 2 N–H and O–H groups in total. The topological polar surface area (TPSA) is 61.6 Å². The fraction of sp³-hybridized carbons (Fsp3) is 0.857. The van der Waals surface area contributed by atoms with Gasteiger partial charge in [0.15, 0.2) is 0 Å². The predicted octanol–water partition coefficient (Wildman–Crippen LogP) is -0.477. The molecule has 11 heavy (non-hydrogen) atoms. The van der Waals surface area contributed by atoms with E-state index in [1.54, 1.807) is 7.11 Å². The van der Waals surface area contributed by atoms with Crippen LogP contribution in [0.5, 0.6) is 0 Å². The molecule has 2 unspecified atom stereocenters. The third kappa shape index (κ3) is 1.91. The Morgan fingerprint density at radius 3 is 2.91 bits per heavy atom. The lowest BCUT2D eigenvalue weighted by Gasteiger charge is -2.27. The molecule has 0 spiro atoms. The number of hydrogen-bond donors (Lipinski definition) is 1. The number of carbonyl (C=O) groups excluding carboxylic acids is 1. The third-order valence-corrected chi connectivity index (χ3v) is 1.96. The van der Waals surface area contributed by atoms with E-state index in [1.165, 1.54) is 0 Å². The van der Waals surface area contributed by atoms with E-state index in [0.29, 0.717) is 13.2 Å². The van der Waals surface area contributed by atoms with Gasteiger partial charge in [-0.15, -0.1) is 0 Å². The van der Waals surface area contributed by atoms with Crippen LogP contribution in [-0.4, -0.2) is 32.3 Å². The molecule has 1 rings (SSSR count). The van der Waals surface area contributed by atoms with E-state index in [9.17, 15) is 4.79 Å². The second kappa shape index (κ2) is 3.69. The van der Waals surface area contributed by atoms with Crippen LogP contribution in [0.2, 0.25) is 0 Å². The van der Waals surface area contributed by atoms with Crippen LogP contribution in [0.25, 0.3) is 0 Å². The summed E-state index contributed by atoms with van der Waals surface area (Å²) in [5, 5.41) is 0. The molecule has 0 bridgehead atoms. The molecule has 1 aliphatic rings. The van der Waals surface area contributed by atoms with Crippen molar-refractivity contribution < 1.29 is 14.3 Å². The van der Waals surface area contributed by atoms with Crippen molar-refractivity contribution in [3.8, 4) is 0 Å². The highest BCUT2D eigenvalue weighted by atomic mass is 16.5. The summed E-state index contributed by atoms with van der Waals surface area (Å²) in [6.45, 7) is 1.05. The maximum atomic E-state index is 10.8. The molecule has 0 saturated carbocycles. The highest BCUT2D eigenvalue weighted by Crippen LogP contribution is 2.16. The number of ether oxygens (including phenoxy) is 2. The van der Waals surface area contributed by atoms with Crippen LogP contribution in [-0.2, 0) is 14.3 Å². The number of amides is 1. The van der Waals surface area contributed by atoms with Gasteiger partial charge in [0.25, 0.3) is 0 Å². The number of rotatable bonds is 2. The SMILES string of the molecule is COC1CCOCC1C(N)=O. The van der Waals surface area contributed by atoms with Gasteiger partial charge in [0.2, 0.25) is 5.91 Å². The van der Waals surface area contributed by atoms with Crippen LogP contribution in [0.1, 0.15) is 6.42 Å². The Labute approximate surface area is 65.7 Å². The average Bonchev–Trinajstić information content (AvgIpc) is 2.04. The van der Waals surface area contributed by atoms with E-state index >= 15 is 0 Å². The van der Waals surface area contributed by atoms with Crippen LogP contribution in [0.3, 0.4) is 0 Å². The minimum absolute atomic E-state index is 0.0544. The zero-order valence-corrected chi connectivity index (χ0v) is 6.58. The van der Waals surface area contributed by atoms with E-state index in [4.69, 9.17) is 15.2 Å². The van der Waals surface area contributed by atoms with Gasteiger partial charge in [0, 0.05) is 13.7 Å². The monoisotopic (exact) mass is 159 g/mol. The van der Waals surface area contributed by atoms with Crippen LogP contribution >= 0.6 is 0 Å². The summed E-state index contributed by atoms with van der Waals surface area (Å²) < 4.78 is 10.2. The number of methoxy groups -OCH3 is 1. The summed E-state index contributed by atoms with van der Waals surface area (Å²) in [6, 6.07) is 0. The van der Waals surface area contributed by atoms with Crippen LogP contribution in [0, 0.1) is 5.92 Å². The van der Waals surface area contributed by atoms with Crippen molar-refractivity contribution in [3.63, 3.8) is 0 Å². The van der Waals surface area contributed by atoms with E-state index in [-0.39, 0.29) is 17.9 Å².